The number of carbonyl (C=O) groups is 3. The molecule has 0 saturated heterocycles. The first-order chi connectivity index (χ1) is 14.3. The van der Waals surface area contributed by atoms with Crippen molar-refractivity contribution in [2.75, 3.05) is 6.61 Å². The zero-order chi connectivity index (χ0) is 21.8. The SMILES string of the molecule is CC(=O)OC[C@@H](OC(C)=O)[C@H](OC(C)=O)[C@H]1C=Cc2c(c3ccccc3oc2=O)O1. The van der Waals surface area contributed by atoms with Crippen molar-refractivity contribution in [2.45, 2.75) is 39.1 Å². The maximum absolute atomic E-state index is 12.3. The summed E-state index contributed by atoms with van der Waals surface area (Å²) in [5.74, 6) is -1.65. The molecule has 2 heterocycles. The Morgan fingerprint density at radius 3 is 2.40 bits per heavy atom. The van der Waals surface area contributed by atoms with E-state index in [0.717, 1.165) is 0 Å². The largest absolute Gasteiger partial charge is 0.481 e. The van der Waals surface area contributed by atoms with Gasteiger partial charge in [-0.25, -0.2) is 4.79 Å². The molecule has 0 fully saturated rings. The van der Waals surface area contributed by atoms with Gasteiger partial charge in [0.25, 0.3) is 0 Å². The average molecular weight is 416 g/mol. The molecule has 0 unspecified atom stereocenters. The normalized spacial score (nSPS) is 16.7. The van der Waals surface area contributed by atoms with Crippen LogP contribution in [0, 0.1) is 0 Å². The molecule has 3 atom stereocenters. The minimum Gasteiger partial charge on any atom is -0.481 e. The fourth-order valence-electron chi connectivity index (χ4n) is 3.10. The molecule has 158 valence electrons. The van der Waals surface area contributed by atoms with Crippen LogP contribution >= 0.6 is 0 Å². The van der Waals surface area contributed by atoms with Gasteiger partial charge in [-0.15, -0.1) is 0 Å². The lowest BCUT2D eigenvalue weighted by atomic mass is 10.0. The van der Waals surface area contributed by atoms with E-state index >= 15 is 0 Å². The van der Waals surface area contributed by atoms with Crippen LogP contribution in [-0.2, 0) is 28.6 Å². The van der Waals surface area contributed by atoms with Gasteiger partial charge in [0.15, 0.2) is 18.3 Å². The third-order valence-electron chi connectivity index (χ3n) is 4.27. The van der Waals surface area contributed by atoms with Crippen LogP contribution in [0.1, 0.15) is 26.3 Å². The highest BCUT2D eigenvalue weighted by Crippen LogP contribution is 2.33. The number of rotatable bonds is 6. The second-order valence-corrected chi connectivity index (χ2v) is 6.59. The maximum atomic E-state index is 12.3. The second kappa shape index (κ2) is 8.81. The minimum atomic E-state index is -1.14. The van der Waals surface area contributed by atoms with Gasteiger partial charge >= 0.3 is 23.5 Å². The van der Waals surface area contributed by atoms with Gasteiger partial charge in [0.05, 0.1) is 5.39 Å². The first-order valence-corrected chi connectivity index (χ1v) is 9.14. The minimum absolute atomic E-state index is 0.204. The van der Waals surface area contributed by atoms with E-state index in [2.05, 4.69) is 0 Å². The Labute approximate surface area is 171 Å². The van der Waals surface area contributed by atoms with Crippen molar-refractivity contribution in [3.8, 4) is 5.75 Å². The van der Waals surface area contributed by atoms with Gasteiger partial charge in [-0.05, 0) is 24.3 Å². The van der Waals surface area contributed by atoms with Crippen molar-refractivity contribution < 1.29 is 37.7 Å². The molecule has 0 bridgehead atoms. The third kappa shape index (κ3) is 4.68. The summed E-state index contributed by atoms with van der Waals surface area (Å²) in [5, 5.41) is 0.548. The van der Waals surface area contributed by atoms with Crippen molar-refractivity contribution >= 4 is 35.0 Å². The Hall–Kier alpha value is -3.62. The molecule has 30 heavy (non-hydrogen) atoms. The molecule has 9 heteroatoms. The second-order valence-electron chi connectivity index (χ2n) is 6.59. The highest BCUT2D eigenvalue weighted by molar-refractivity contribution is 5.87. The summed E-state index contributed by atoms with van der Waals surface area (Å²) in [6, 6.07) is 6.81. The van der Waals surface area contributed by atoms with Crippen LogP contribution in [0.2, 0.25) is 0 Å². The van der Waals surface area contributed by atoms with Crippen molar-refractivity contribution in [2.24, 2.45) is 0 Å². The number of esters is 3. The standard InChI is InChI=1S/C21H20O9/c1-11(22)26-10-18(27-12(2)23)20(28-13(3)24)17-9-8-15-19(29-17)14-6-4-5-7-16(14)30-21(15)25/h4-9,17-18,20H,10H2,1-3H3/t17-,18-,20-/m1/s1. The Kier molecular flexibility index (Phi) is 6.20. The Balaban J connectivity index is 2.00. The van der Waals surface area contributed by atoms with Gasteiger partial charge in [-0.2, -0.15) is 0 Å². The van der Waals surface area contributed by atoms with E-state index in [0.29, 0.717) is 11.0 Å². The summed E-state index contributed by atoms with van der Waals surface area (Å²) in [7, 11) is 0. The summed E-state index contributed by atoms with van der Waals surface area (Å²) in [6.07, 6.45) is -0.202. The van der Waals surface area contributed by atoms with Crippen LogP contribution in [0.4, 0.5) is 0 Å². The van der Waals surface area contributed by atoms with Gasteiger partial charge in [-0.3, -0.25) is 14.4 Å². The number of para-hydroxylation sites is 1. The molecule has 0 aliphatic carbocycles. The lowest BCUT2D eigenvalue weighted by molar-refractivity contribution is -0.178. The molecule has 1 aromatic carbocycles. The topological polar surface area (TPSA) is 118 Å². The molecule has 0 radical (unpaired) electrons. The average Bonchev–Trinajstić information content (AvgIpc) is 2.69. The van der Waals surface area contributed by atoms with E-state index in [1.165, 1.54) is 32.9 Å². The third-order valence-corrected chi connectivity index (χ3v) is 4.27. The molecule has 0 N–H and O–H groups in total. The predicted octanol–water partition coefficient (Wildman–Crippen LogP) is 1.99. The highest BCUT2D eigenvalue weighted by atomic mass is 16.6. The highest BCUT2D eigenvalue weighted by Gasteiger charge is 2.38. The first-order valence-electron chi connectivity index (χ1n) is 9.14. The predicted molar refractivity (Wildman–Crippen MR) is 104 cm³/mol. The molecule has 9 nitrogen and oxygen atoms in total. The summed E-state index contributed by atoms with van der Waals surface area (Å²) in [4.78, 5) is 46.8. The van der Waals surface area contributed by atoms with E-state index in [1.54, 1.807) is 24.3 Å². The lowest BCUT2D eigenvalue weighted by Crippen LogP contribution is -2.48. The van der Waals surface area contributed by atoms with Gasteiger partial charge in [0, 0.05) is 20.8 Å². The van der Waals surface area contributed by atoms with Gasteiger partial charge in [0.1, 0.15) is 23.5 Å². The molecule has 0 spiro atoms. The monoisotopic (exact) mass is 416 g/mol. The summed E-state index contributed by atoms with van der Waals surface area (Å²) >= 11 is 0. The van der Waals surface area contributed by atoms with Crippen LogP contribution in [-0.4, -0.2) is 42.8 Å². The molecular weight excluding hydrogens is 396 g/mol. The summed E-state index contributed by atoms with van der Waals surface area (Å²) in [6.45, 7) is 3.22. The van der Waals surface area contributed by atoms with Crippen molar-refractivity contribution in [3.63, 3.8) is 0 Å². The number of hydrogen-bond donors (Lipinski definition) is 0. The number of benzene rings is 1. The molecule has 0 amide bonds. The van der Waals surface area contributed by atoms with Crippen LogP contribution in [0.25, 0.3) is 17.0 Å². The molecule has 1 aromatic heterocycles. The van der Waals surface area contributed by atoms with E-state index < -0.39 is 41.8 Å². The quantitative estimate of drug-likeness (QED) is 0.396. The van der Waals surface area contributed by atoms with E-state index in [9.17, 15) is 19.2 Å². The number of hydrogen-bond acceptors (Lipinski definition) is 9. The van der Waals surface area contributed by atoms with Crippen LogP contribution < -0.4 is 10.4 Å². The molecule has 0 saturated carbocycles. The van der Waals surface area contributed by atoms with Crippen LogP contribution in [0.5, 0.6) is 5.75 Å². The fourth-order valence-corrected chi connectivity index (χ4v) is 3.10. The Bertz CT molecular complexity index is 1070. The van der Waals surface area contributed by atoms with E-state index in [4.69, 9.17) is 23.4 Å². The Morgan fingerprint density at radius 1 is 1.03 bits per heavy atom. The molecule has 2 aromatic rings. The lowest BCUT2D eigenvalue weighted by Gasteiger charge is -2.32. The molecule has 3 rings (SSSR count). The first kappa shape index (κ1) is 21.1. The van der Waals surface area contributed by atoms with E-state index in [-0.39, 0.29) is 17.9 Å². The Morgan fingerprint density at radius 2 is 1.73 bits per heavy atom. The van der Waals surface area contributed by atoms with Gasteiger partial charge in [0.2, 0.25) is 0 Å². The molecule has 1 aliphatic heterocycles. The van der Waals surface area contributed by atoms with Crippen LogP contribution in [0.3, 0.4) is 0 Å². The van der Waals surface area contributed by atoms with Gasteiger partial charge < -0.3 is 23.4 Å². The molecular formula is C21H20O9. The number of carbonyl (C=O) groups excluding carboxylic acids is 3. The van der Waals surface area contributed by atoms with Gasteiger partial charge in [-0.1, -0.05) is 12.1 Å². The number of fused-ring (bicyclic) bond motifs is 3. The number of ether oxygens (including phenoxy) is 4. The zero-order valence-electron chi connectivity index (χ0n) is 16.6. The van der Waals surface area contributed by atoms with Crippen molar-refractivity contribution in [1.29, 1.82) is 0 Å². The maximum Gasteiger partial charge on any atom is 0.347 e. The zero-order valence-corrected chi connectivity index (χ0v) is 16.6. The summed E-state index contributed by atoms with van der Waals surface area (Å²) in [5.41, 5.74) is -0.0507. The smallest absolute Gasteiger partial charge is 0.347 e. The molecule has 1 aliphatic rings. The summed E-state index contributed by atoms with van der Waals surface area (Å²) < 4.78 is 26.8. The van der Waals surface area contributed by atoms with E-state index in [1.807, 2.05) is 0 Å². The fraction of sp³-hybridized carbons (Fsp3) is 0.333. The van der Waals surface area contributed by atoms with Crippen LogP contribution in [0.15, 0.2) is 39.6 Å². The van der Waals surface area contributed by atoms with Crippen molar-refractivity contribution in [1.82, 2.24) is 0 Å². The van der Waals surface area contributed by atoms with Crippen molar-refractivity contribution in [3.05, 3.63) is 46.3 Å².